The first-order chi connectivity index (χ1) is 14.9. The summed E-state index contributed by atoms with van der Waals surface area (Å²) in [5, 5.41) is 8.91. The lowest BCUT2D eigenvalue weighted by atomic mass is 10.2. The number of carbonyl (C=O) groups excluding carboxylic acids is 1. The van der Waals surface area contributed by atoms with Gasteiger partial charge in [-0.25, -0.2) is 20.0 Å². The van der Waals surface area contributed by atoms with Gasteiger partial charge in [0.15, 0.2) is 5.13 Å². The van der Waals surface area contributed by atoms with Gasteiger partial charge in [-0.3, -0.25) is 10.6 Å². The minimum atomic E-state index is -0.263. The van der Waals surface area contributed by atoms with Crippen LogP contribution in [0.2, 0.25) is 5.02 Å². The zero-order valence-corrected chi connectivity index (χ0v) is 18.8. The van der Waals surface area contributed by atoms with Crippen LogP contribution >= 0.6 is 22.9 Å². The number of anilines is 4. The van der Waals surface area contributed by atoms with Crippen LogP contribution in [0.3, 0.4) is 0 Å². The largest absolute Gasteiger partial charge is 0.354 e. The van der Waals surface area contributed by atoms with Crippen LogP contribution in [-0.4, -0.2) is 52.0 Å². The summed E-state index contributed by atoms with van der Waals surface area (Å²) in [7, 11) is 0. The molecule has 0 saturated carbocycles. The number of aromatic nitrogens is 3. The molecule has 0 spiro atoms. The number of hydrogen-bond donors (Lipinski definition) is 3. The van der Waals surface area contributed by atoms with Crippen molar-refractivity contribution in [3.8, 4) is 0 Å². The van der Waals surface area contributed by atoms with Crippen LogP contribution in [0.5, 0.6) is 0 Å². The summed E-state index contributed by atoms with van der Waals surface area (Å²) < 4.78 is 0. The normalized spacial score (nSPS) is 14.5. The van der Waals surface area contributed by atoms with E-state index in [4.69, 9.17) is 17.4 Å². The van der Waals surface area contributed by atoms with Gasteiger partial charge in [-0.2, -0.15) is 0 Å². The maximum Gasteiger partial charge on any atom is 0.267 e. The standard InChI is InChI=1S/C20H23ClN8OS/c1-12-4-3-5-14(21)18(12)27-19(30)15-11-23-20(31-15)26-16-10-17(25-13(2)24-16)28-6-8-29(22)9-7-28/h3-5,10-11H,6-9,22H2,1-2H3,(H,27,30)(H,23,24,25,26). The van der Waals surface area contributed by atoms with E-state index in [2.05, 4.69) is 30.5 Å². The van der Waals surface area contributed by atoms with E-state index in [0.717, 1.165) is 37.6 Å². The van der Waals surface area contributed by atoms with Crippen molar-refractivity contribution in [1.82, 2.24) is 20.0 Å². The number of hydrogen-bond acceptors (Lipinski definition) is 9. The van der Waals surface area contributed by atoms with Gasteiger partial charge in [-0.05, 0) is 25.5 Å². The molecule has 3 aromatic rings. The number of para-hydroxylation sites is 1. The summed E-state index contributed by atoms with van der Waals surface area (Å²) in [5.74, 6) is 7.70. The van der Waals surface area contributed by atoms with Crippen molar-refractivity contribution in [2.24, 2.45) is 5.84 Å². The monoisotopic (exact) mass is 458 g/mol. The second kappa shape index (κ2) is 9.15. The highest BCUT2D eigenvalue weighted by molar-refractivity contribution is 7.17. The maximum atomic E-state index is 12.7. The molecule has 3 heterocycles. The third-order valence-electron chi connectivity index (χ3n) is 4.89. The van der Waals surface area contributed by atoms with Crippen LogP contribution in [0.15, 0.2) is 30.5 Å². The molecule has 1 aliphatic heterocycles. The number of amides is 1. The smallest absolute Gasteiger partial charge is 0.267 e. The molecular weight excluding hydrogens is 436 g/mol. The van der Waals surface area contributed by atoms with Gasteiger partial charge >= 0.3 is 0 Å². The van der Waals surface area contributed by atoms with Crippen LogP contribution in [0, 0.1) is 13.8 Å². The number of nitrogens with zero attached hydrogens (tertiary/aromatic N) is 5. The topological polar surface area (TPSA) is 112 Å². The van der Waals surface area contributed by atoms with Crippen LogP contribution in [0.4, 0.5) is 22.5 Å². The average Bonchev–Trinajstić information content (AvgIpc) is 3.19. The predicted octanol–water partition coefficient (Wildman–Crippen LogP) is 3.19. The summed E-state index contributed by atoms with van der Waals surface area (Å²) in [5.41, 5.74) is 1.49. The summed E-state index contributed by atoms with van der Waals surface area (Å²) >= 11 is 7.45. The lowest BCUT2D eigenvalue weighted by molar-refractivity contribution is 0.103. The Morgan fingerprint density at radius 2 is 1.97 bits per heavy atom. The van der Waals surface area contributed by atoms with Gasteiger partial charge in [-0.15, -0.1) is 0 Å². The highest BCUT2D eigenvalue weighted by Gasteiger charge is 2.18. The summed E-state index contributed by atoms with van der Waals surface area (Å²) in [6.07, 6.45) is 1.53. The number of piperazine rings is 1. The van der Waals surface area contributed by atoms with E-state index in [-0.39, 0.29) is 5.91 Å². The van der Waals surface area contributed by atoms with Crippen LogP contribution < -0.4 is 21.4 Å². The lowest BCUT2D eigenvalue weighted by Crippen LogP contribution is -2.49. The molecule has 9 nitrogen and oxygen atoms in total. The van der Waals surface area contributed by atoms with E-state index >= 15 is 0 Å². The third kappa shape index (κ3) is 5.10. The fourth-order valence-corrected chi connectivity index (χ4v) is 4.23. The molecule has 0 radical (unpaired) electrons. The van der Waals surface area contributed by atoms with Crippen LogP contribution in [0.1, 0.15) is 21.1 Å². The van der Waals surface area contributed by atoms with Gasteiger partial charge in [0.05, 0.1) is 16.9 Å². The van der Waals surface area contributed by atoms with E-state index in [9.17, 15) is 4.79 Å². The molecule has 1 amide bonds. The molecule has 1 aromatic carbocycles. The Hall–Kier alpha value is -2.79. The van der Waals surface area contributed by atoms with Crippen molar-refractivity contribution in [3.05, 3.63) is 51.7 Å². The second-order valence-corrected chi connectivity index (χ2v) is 8.66. The Kier molecular flexibility index (Phi) is 6.33. The van der Waals surface area contributed by atoms with Gasteiger partial charge in [-0.1, -0.05) is 35.1 Å². The lowest BCUT2D eigenvalue weighted by Gasteiger charge is -2.32. The molecule has 0 unspecified atom stereocenters. The molecule has 162 valence electrons. The number of aryl methyl sites for hydroxylation is 2. The number of rotatable bonds is 5. The molecule has 0 atom stereocenters. The van der Waals surface area contributed by atoms with Crippen LogP contribution in [-0.2, 0) is 0 Å². The zero-order valence-electron chi connectivity index (χ0n) is 17.2. The Balaban J connectivity index is 1.47. The molecular formula is C20H23ClN8OS. The number of benzene rings is 1. The van der Waals surface area contributed by atoms with E-state index in [1.54, 1.807) is 11.1 Å². The Bertz CT molecular complexity index is 1080. The maximum absolute atomic E-state index is 12.7. The van der Waals surface area contributed by atoms with Gasteiger partial charge in [0, 0.05) is 32.2 Å². The number of nitrogens with two attached hydrogens (primary N) is 1. The first kappa shape index (κ1) is 21.4. The van der Waals surface area contributed by atoms with Gasteiger partial charge < -0.3 is 15.5 Å². The first-order valence-electron chi connectivity index (χ1n) is 9.78. The summed E-state index contributed by atoms with van der Waals surface area (Å²) in [4.78, 5) is 28.6. The third-order valence-corrected chi connectivity index (χ3v) is 6.11. The number of hydrazine groups is 1. The van der Waals surface area contributed by atoms with Crippen LogP contribution in [0.25, 0.3) is 0 Å². The predicted molar refractivity (Wildman–Crippen MR) is 124 cm³/mol. The molecule has 1 fully saturated rings. The highest BCUT2D eigenvalue weighted by atomic mass is 35.5. The van der Waals surface area contributed by atoms with Crippen molar-refractivity contribution < 1.29 is 4.79 Å². The Morgan fingerprint density at radius 3 is 2.71 bits per heavy atom. The minimum Gasteiger partial charge on any atom is -0.354 e. The Labute approximate surface area is 189 Å². The fraction of sp³-hybridized carbons (Fsp3) is 0.300. The minimum absolute atomic E-state index is 0.263. The fourth-order valence-electron chi connectivity index (χ4n) is 3.24. The van der Waals surface area contributed by atoms with Crippen molar-refractivity contribution >= 4 is 51.3 Å². The number of thiazole rings is 1. The van der Waals surface area contributed by atoms with E-state index in [0.29, 0.717) is 32.4 Å². The zero-order chi connectivity index (χ0) is 22.0. The molecule has 1 saturated heterocycles. The van der Waals surface area contributed by atoms with Gasteiger partial charge in [0.25, 0.3) is 5.91 Å². The molecule has 0 bridgehead atoms. The van der Waals surface area contributed by atoms with E-state index in [1.807, 2.05) is 32.0 Å². The molecule has 0 aliphatic carbocycles. The molecule has 11 heteroatoms. The highest BCUT2D eigenvalue weighted by Crippen LogP contribution is 2.28. The van der Waals surface area contributed by atoms with Crippen molar-refractivity contribution in [2.75, 3.05) is 41.7 Å². The first-order valence-corrected chi connectivity index (χ1v) is 11.0. The average molecular weight is 459 g/mol. The van der Waals surface area contributed by atoms with Gasteiger partial charge in [0.2, 0.25) is 0 Å². The van der Waals surface area contributed by atoms with E-state index < -0.39 is 0 Å². The molecule has 31 heavy (non-hydrogen) atoms. The molecule has 4 rings (SSSR count). The molecule has 2 aromatic heterocycles. The molecule has 1 aliphatic rings. The van der Waals surface area contributed by atoms with Crippen molar-refractivity contribution in [2.45, 2.75) is 13.8 Å². The quantitative estimate of drug-likeness (QED) is 0.499. The molecule has 4 N–H and O–H groups in total. The van der Waals surface area contributed by atoms with E-state index in [1.165, 1.54) is 17.5 Å². The Morgan fingerprint density at radius 1 is 1.19 bits per heavy atom. The number of carbonyl (C=O) groups is 1. The summed E-state index contributed by atoms with van der Waals surface area (Å²) in [6.45, 7) is 6.90. The number of halogens is 1. The number of nitrogens with one attached hydrogen (secondary N) is 2. The van der Waals surface area contributed by atoms with Crippen molar-refractivity contribution in [1.29, 1.82) is 0 Å². The SMILES string of the molecule is Cc1nc(Nc2ncc(C(=O)Nc3c(C)cccc3Cl)s2)cc(N2CCN(N)CC2)n1. The van der Waals surface area contributed by atoms with Crippen molar-refractivity contribution in [3.63, 3.8) is 0 Å². The second-order valence-electron chi connectivity index (χ2n) is 7.22. The van der Waals surface area contributed by atoms with Gasteiger partial charge in [0.1, 0.15) is 22.3 Å². The summed E-state index contributed by atoms with van der Waals surface area (Å²) in [6, 6.07) is 7.36.